The van der Waals surface area contributed by atoms with E-state index in [1.165, 1.54) is 0 Å². The minimum absolute atomic E-state index is 0.0292. The van der Waals surface area contributed by atoms with Crippen LogP contribution in [-0.2, 0) is 38.4 Å². The van der Waals surface area contributed by atoms with E-state index in [-0.39, 0.29) is 50.3 Å². The SMILES string of the molecule is N[C@H](CCC(=O)N[C@@H](CS)C(=O)NCC(=O)NCCCNCCCCNC(=O)CNC(=O)[C@@H](CS)NC(=O)CC[C@H](N)C(=O)O)C(=O)O. The van der Waals surface area contributed by atoms with E-state index in [4.69, 9.17) is 21.7 Å². The molecule has 0 aliphatic carbocycles. The Morgan fingerprint density at radius 3 is 1.31 bits per heavy atom. The van der Waals surface area contributed by atoms with Gasteiger partial charge in [-0.2, -0.15) is 25.3 Å². The number of nitrogens with two attached hydrogens (primary N) is 2. The van der Waals surface area contributed by atoms with E-state index >= 15 is 0 Å². The maximum absolute atomic E-state index is 12.2. The summed E-state index contributed by atoms with van der Waals surface area (Å²) in [5, 5.41) is 35.7. The van der Waals surface area contributed by atoms with Gasteiger partial charge in [0, 0.05) is 37.4 Å². The average Bonchev–Trinajstić information content (AvgIpc) is 3.05. The number of amides is 6. The van der Waals surface area contributed by atoms with E-state index in [0.29, 0.717) is 39.0 Å². The van der Waals surface area contributed by atoms with Gasteiger partial charge in [0.2, 0.25) is 35.4 Å². The van der Waals surface area contributed by atoms with Crippen LogP contribution >= 0.6 is 25.3 Å². The molecule has 0 heterocycles. The lowest BCUT2D eigenvalue weighted by molar-refractivity contribution is -0.140. The van der Waals surface area contributed by atoms with Crippen molar-refractivity contribution in [1.82, 2.24) is 37.2 Å². The summed E-state index contributed by atoms with van der Waals surface area (Å²) in [5.41, 5.74) is 10.7. The molecule has 0 fully saturated rings. The molecule has 13 N–H and O–H groups in total. The molecule has 0 bridgehead atoms. The minimum Gasteiger partial charge on any atom is -0.480 e. The second kappa shape index (κ2) is 26.3. The first-order valence-corrected chi connectivity index (χ1v) is 16.5. The minimum atomic E-state index is -1.23. The van der Waals surface area contributed by atoms with Gasteiger partial charge in [-0.25, -0.2) is 0 Å². The Kier molecular flexibility index (Phi) is 24.3. The van der Waals surface area contributed by atoms with Crippen LogP contribution in [-0.4, -0.2) is 133 Å². The highest BCUT2D eigenvalue weighted by atomic mass is 32.1. The number of hydrogen-bond acceptors (Lipinski definition) is 13. The van der Waals surface area contributed by atoms with Crippen LogP contribution in [0.3, 0.4) is 0 Å². The van der Waals surface area contributed by atoms with E-state index in [9.17, 15) is 38.4 Å². The molecule has 21 heteroatoms. The van der Waals surface area contributed by atoms with Crippen molar-refractivity contribution in [2.75, 3.05) is 50.8 Å². The highest BCUT2D eigenvalue weighted by Crippen LogP contribution is 1.99. The molecule has 0 saturated heterocycles. The number of carbonyl (C=O) groups excluding carboxylic acids is 6. The fourth-order valence-electron chi connectivity index (χ4n) is 3.62. The van der Waals surface area contributed by atoms with Crippen molar-refractivity contribution in [3.8, 4) is 0 Å². The topological polar surface area (TPSA) is 313 Å². The number of thiol groups is 2. The van der Waals surface area contributed by atoms with Crippen LogP contribution in [0.4, 0.5) is 0 Å². The van der Waals surface area contributed by atoms with Gasteiger partial charge in [-0.05, 0) is 45.2 Å². The third-order valence-corrected chi connectivity index (χ3v) is 7.20. The van der Waals surface area contributed by atoms with Crippen molar-refractivity contribution in [1.29, 1.82) is 0 Å². The van der Waals surface area contributed by atoms with Crippen molar-refractivity contribution in [2.24, 2.45) is 11.5 Å². The quantitative estimate of drug-likeness (QED) is 0.0281. The number of nitrogens with one attached hydrogen (secondary N) is 7. The number of carbonyl (C=O) groups is 8. The smallest absolute Gasteiger partial charge is 0.320 e. The van der Waals surface area contributed by atoms with Crippen LogP contribution in [0.15, 0.2) is 0 Å². The maximum atomic E-state index is 12.2. The predicted molar refractivity (Wildman–Crippen MR) is 180 cm³/mol. The lowest BCUT2D eigenvalue weighted by Crippen LogP contribution is -2.50. The summed E-state index contributed by atoms with van der Waals surface area (Å²) >= 11 is 8.05. The van der Waals surface area contributed by atoms with Crippen molar-refractivity contribution in [3.05, 3.63) is 0 Å². The van der Waals surface area contributed by atoms with Crippen molar-refractivity contribution in [3.63, 3.8) is 0 Å². The lowest BCUT2D eigenvalue weighted by atomic mass is 10.1. The second-order valence-corrected chi connectivity index (χ2v) is 11.2. The van der Waals surface area contributed by atoms with E-state index in [2.05, 4.69) is 62.5 Å². The van der Waals surface area contributed by atoms with Gasteiger partial charge < -0.3 is 58.9 Å². The van der Waals surface area contributed by atoms with Gasteiger partial charge in [0.15, 0.2) is 0 Å². The van der Waals surface area contributed by atoms with Crippen LogP contribution in [0, 0.1) is 0 Å². The number of rotatable bonds is 27. The molecule has 0 aromatic heterocycles. The summed E-state index contributed by atoms with van der Waals surface area (Å²) in [6, 6.07) is -4.39. The number of unbranched alkanes of at least 4 members (excludes halogenated alkanes) is 1. The van der Waals surface area contributed by atoms with Crippen LogP contribution in [0.2, 0.25) is 0 Å². The van der Waals surface area contributed by atoms with E-state index in [1.807, 2.05) is 0 Å². The van der Waals surface area contributed by atoms with Gasteiger partial charge in [-0.1, -0.05) is 0 Å². The molecule has 48 heavy (non-hydrogen) atoms. The molecular weight excluding hydrogens is 674 g/mol. The maximum Gasteiger partial charge on any atom is 0.320 e. The van der Waals surface area contributed by atoms with Gasteiger partial charge in [0.1, 0.15) is 24.2 Å². The predicted octanol–water partition coefficient (Wildman–Crippen LogP) is -4.58. The highest BCUT2D eigenvalue weighted by molar-refractivity contribution is 7.80. The molecule has 0 saturated carbocycles. The Bertz CT molecular complexity index is 1000. The Morgan fingerprint density at radius 1 is 0.542 bits per heavy atom. The number of carboxylic acids is 2. The molecule has 6 amide bonds. The molecule has 0 aromatic rings. The molecule has 274 valence electrons. The third kappa shape index (κ3) is 22.0. The fourth-order valence-corrected chi connectivity index (χ4v) is 4.13. The Labute approximate surface area is 289 Å². The number of aliphatic carboxylic acids is 2. The molecule has 4 atom stereocenters. The first-order chi connectivity index (χ1) is 22.7. The third-order valence-electron chi connectivity index (χ3n) is 6.47. The summed E-state index contributed by atoms with van der Waals surface area (Å²) in [7, 11) is 0. The Hall–Kier alpha value is -3.66. The number of hydrogen-bond donors (Lipinski definition) is 13. The van der Waals surface area contributed by atoms with E-state index in [1.54, 1.807) is 0 Å². The summed E-state index contributed by atoms with van der Waals surface area (Å²) in [6.45, 7) is 1.41. The molecule has 0 rings (SSSR count). The Morgan fingerprint density at radius 2 is 0.917 bits per heavy atom. The molecule has 0 aliphatic heterocycles. The number of carboxylic acid groups (broad SMARTS) is 2. The molecule has 0 spiro atoms. The Balaban J connectivity index is 3.95. The van der Waals surface area contributed by atoms with Gasteiger partial charge in [-0.15, -0.1) is 0 Å². The molecule has 0 aliphatic rings. The van der Waals surface area contributed by atoms with Gasteiger partial charge in [0.25, 0.3) is 0 Å². The van der Waals surface area contributed by atoms with Gasteiger partial charge in [0.05, 0.1) is 13.1 Å². The zero-order valence-corrected chi connectivity index (χ0v) is 28.4. The lowest BCUT2D eigenvalue weighted by Gasteiger charge is -2.17. The average molecular weight is 724 g/mol. The van der Waals surface area contributed by atoms with Crippen LogP contribution in [0.25, 0.3) is 0 Å². The van der Waals surface area contributed by atoms with Crippen LogP contribution in [0.1, 0.15) is 44.9 Å². The summed E-state index contributed by atoms with van der Waals surface area (Å²) in [4.78, 5) is 93.8. The van der Waals surface area contributed by atoms with E-state index < -0.39 is 71.5 Å². The highest BCUT2D eigenvalue weighted by Gasteiger charge is 2.22. The van der Waals surface area contributed by atoms with Crippen molar-refractivity contribution >= 4 is 72.6 Å². The normalized spacial score (nSPS) is 13.2. The zero-order valence-electron chi connectivity index (χ0n) is 26.6. The second-order valence-electron chi connectivity index (χ2n) is 10.5. The molecule has 19 nitrogen and oxygen atoms in total. The standard InChI is InChI=1S/C27H49N9O10S2/c28-16(26(43)44)4-6-20(37)35-18(14-47)24(41)33-12-22(39)31-10-2-1-8-30-9-3-11-32-23(40)13-34-25(42)19(15-48)36-21(38)7-5-17(29)27(45)46/h16-19,30,47-48H,1-15,28-29H2,(H,31,39)(H,32,40)(H,33,41)(H,34,42)(H,35,37)(H,36,38)(H,43,44)(H,45,46)/t16-,17+,18+,19-/m0/s1. The van der Waals surface area contributed by atoms with E-state index in [0.717, 1.165) is 6.42 Å². The molecular formula is C27H49N9O10S2. The van der Waals surface area contributed by atoms with Crippen molar-refractivity contribution < 1.29 is 48.6 Å². The van der Waals surface area contributed by atoms with Gasteiger partial charge >= 0.3 is 11.9 Å². The monoisotopic (exact) mass is 723 g/mol. The molecule has 0 unspecified atom stereocenters. The van der Waals surface area contributed by atoms with Crippen molar-refractivity contribution in [2.45, 2.75) is 69.1 Å². The fraction of sp³-hybridized carbons (Fsp3) is 0.704. The molecule has 0 aromatic carbocycles. The first kappa shape index (κ1) is 44.3. The largest absolute Gasteiger partial charge is 0.480 e. The van der Waals surface area contributed by atoms with Gasteiger partial charge in [-0.3, -0.25) is 38.4 Å². The molecule has 0 radical (unpaired) electrons. The summed E-state index contributed by atoms with van der Waals surface area (Å²) in [6.07, 6.45) is 1.48. The van der Waals surface area contributed by atoms with Crippen LogP contribution < -0.4 is 48.7 Å². The van der Waals surface area contributed by atoms with Crippen LogP contribution in [0.5, 0.6) is 0 Å². The first-order valence-electron chi connectivity index (χ1n) is 15.3. The summed E-state index contributed by atoms with van der Waals surface area (Å²) in [5.74, 6) is -5.70. The summed E-state index contributed by atoms with van der Waals surface area (Å²) < 4.78 is 0. The zero-order chi connectivity index (χ0) is 36.5.